The van der Waals surface area contributed by atoms with Crippen LogP contribution >= 0.6 is 0 Å². The van der Waals surface area contributed by atoms with Crippen molar-refractivity contribution in [3.63, 3.8) is 0 Å². The molecule has 0 aromatic carbocycles. The van der Waals surface area contributed by atoms with E-state index in [9.17, 15) is 0 Å². The number of halogens is 1. The first-order chi connectivity index (χ1) is 20.2. The Kier molecular flexibility index (Phi) is 8.46. The summed E-state index contributed by atoms with van der Waals surface area (Å²) in [5.74, 6) is 4.36. The van der Waals surface area contributed by atoms with Crippen molar-refractivity contribution in [3.05, 3.63) is 0 Å². The molecule has 4 aliphatic carbocycles. The van der Waals surface area contributed by atoms with Crippen molar-refractivity contribution in [2.24, 2.45) is 47.3 Å². The average Bonchev–Trinajstić information content (AvgIpc) is 3.73. The van der Waals surface area contributed by atoms with Crippen molar-refractivity contribution < 1.29 is 21.2 Å². The largest absolute Gasteiger partial charge is 0.286 e. The molecule has 239 valence electrons. The Labute approximate surface area is 262 Å². The number of alkyl halides is 1. The predicted molar refractivity (Wildman–Crippen MR) is 157 cm³/mol. The molecular formula is C32H55CoFN8. The zero-order valence-electron chi connectivity index (χ0n) is 25.1. The first-order valence-electron chi connectivity index (χ1n) is 17.9. The van der Waals surface area contributed by atoms with E-state index in [-0.39, 0.29) is 47.4 Å². The molecule has 42 heavy (non-hydrogen) atoms. The molecular weight excluding hydrogens is 574 g/mol. The third-order valence-electron chi connectivity index (χ3n) is 13.8. The summed E-state index contributed by atoms with van der Waals surface area (Å²) in [6.07, 6.45) is 20.2. The molecule has 0 aromatic heterocycles. The van der Waals surface area contributed by atoms with E-state index in [1.165, 1.54) is 77.0 Å². The van der Waals surface area contributed by atoms with Crippen LogP contribution in [0, 0.1) is 47.3 Å². The number of hydrogen-bond acceptors (Lipinski definition) is 8. The van der Waals surface area contributed by atoms with Gasteiger partial charge in [0.2, 0.25) is 0 Å². The topological polar surface area (TPSA) is 96.2 Å². The summed E-state index contributed by atoms with van der Waals surface area (Å²) in [5.41, 5.74) is 0. The Morgan fingerprint density at radius 1 is 0.310 bits per heavy atom. The molecule has 9 rings (SSSR count). The second-order valence-electron chi connectivity index (χ2n) is 15.7. The van der Waals surface area contributed by atoms with Gasteiger partial charge >= 0.3 is 0 Å². The van der Waals surface area contributed by atoms with Gasteiger partial charge in [-0.3, -0.25) is 42.5 Å². The standard InChI is InChI=1S/C32H55FN8.Co/c33-23-15-7-14-22-24(23)32-40-30-21-13-6-5-12-20(21)28(38-30)36-26-17-9-2-1-8-16(17)25(34-26)35-27-18-10-3-4-11-19(18)29(37-27)39-31(22)41-32;/h16-32,34-41H,1-15H2;. The number of rotatable bonds is 0. The molecule has 10 heteroatoms. The number of fused-ring (bicyclic) bond motifs is 20. The van der Waals surface area contributed by atoms with Crippen LogP contribution in [0.25, 0.3) is 0 Å². The molecule has 0 spiro atoms. The Bertz CT molecular complexity index is 959. The molecule has 1 radical (unpaired) electrons. The van der Waals surface area contributed by atoms with Crippen LogP contribution in [0.3, 0.4) is 0 Å². The van der Waals surface area contributed by atoms with Gasteiger partial charge in [0.15, 0.2) is 0 Å². The van der Waals surface area contributed by atoms with Gasteiger partial charge in [-0.25, -0.2) is 4.39 Å². The van der Waals surface area contributed by atoms with Gasteiger partial charge in [-0.15, -0.1) is 0 Å². The van der Waals surface area contributed by atoms with Gasteiger partial charge in [0.25, 0.3) is 0 Å². The third kappa shape index (κ3) is 4.97. The van der Waals surface area contributed by atoms with E-state index in [1.54, 1.807) is 0 Å². The van der Waals surface area contributed by atoms with Crippen LogP contribution in [0.15, 0.2) is 0 Å². The summed E-state index contributed by atoms with van der Waals surface area (Å²) in [4.78, 5) is 0. The van der Waals surface area contributed by atoms with Gasteiger partial charge in [-0.1, -0.05) is 44.9 Å². The second kappa shape index (κ2) is 12.0. The van der Waals surface area contributed by atoms with Crippen LogP contribution < -0.4 is 42.5 Å². The van der Waals surface area contributed by atoms with Crippen molar-refractivity contribution in [1.82, 2.24) is 42.5 Å². The van der Waals surface area contributed by atoms with E-state index in [2.05, 4.69) is 42.5 Å². The van der Waals surface area contributed by atoms with Crippen molar-refractivity contribution in [2.45, 2.75) is 152 Å². The molecule has 8 bridgehead atoms. The Morgan fingerprint density at radius 3 is 0.905 bits per heavy atom. The smallest absolute Gasteiger partial charge is 0.106 e. The minimum Gasteiger partial charge on any atom is -0.286 e. The molecule has 9 fully saturated rings. The van der Waals surface area contributed by atoms with Crippen molar-refractivity contribution in [2.75, 3.05) is 0 Å². The molecule has 8 N–H and O–H groups in total. The molecule has 0 aromatic rings. The molecule has 0 amide bonds. The Balaban J connectivity index is 0.00000267. The Morgan fingerprint density at radius 2 is 0.571 bits per heavy atom. The summed E-state index contributed by atoms with van der Waals surface area (Å²) in [6.45, 7) is 0. The zero-order valence-corrected chi connectivity index (χ0v) is 26.2. The fraction of sp³-hybridized carbons (Fsp3) is 1.00. The van der Waals surface area contributed by atoms with Gasteiger partial charge in [-0.05, 0) is 92.8 Å². The summed E-state index contributed by atoms with van der Waals surface area (Å²) in [6, 6.07) is 0. The predicted octanol–water partition coefficient (Wildman–Crippen LogP) is 2.55. The first kappa shape index (κ1) is 29.5. The third-order valence-corrected chi connectivity index (χ3v) is 13.8. The molecule has 8 nitrogen and oxygen atoms in total. The van der Waals surface area contributed by atoms with E-state index in [1.807, 2.05) is 0 Å². The fourth-order valence-corrected chi connectivity index (χ4v) is 12.0. The average molecular weight is 630 g/mol. The monoisotopic (exact) mass is 629 g/mol. The number of hydrogen-bond donors (Lipinski definition) is 8. The van der Waals surface area contributed by atoms with E-state index >= 15 is 4.39 Å². The van der Waals surface area contributed by atoms with Crippen LogP contribution in [-0.4, -0.2) is 55.5 Å². The quantitative estimate of drug-likeness (QED) is 0.207. The molecule has 5 aliphatic heterocycles. The van der Waals surface area contributed by atoms with Gasteiger partial charge in [-0.2, -0.15) is 0 Å². The molecule has 4 saturated carbocycles. The first-order valence-corrected chi connectivity index (χ1v) is 17.9. The summed E-state index contributed by atoms with van der Waals surface area (Å²) in [5, 5.41) is 32.9. The van der Waals surface area contributed by atoms with Gasteiger partial charge in [0.05, 0.1) is 49.3 Å². The van der Waals surface area contributed by atoms with E-state index in [0.29, 0.717) is 66.1 Å². The normalized spacial score (nSPS) is 56.9. The summed E-state index contributed by atoms with van der Waals surface area (Å²) >= 11 is 0. The maximum atomic E-state index is 15.8. The van der Waals surface area contributed by atoms with Crippen molar-refractivity contribution in [3.8, 4) is 0 Å². The van der Waals surface area contributed by atoms with Crippen LogP contribution in [0.4, 0.5) is 4.39 Å². The number of nitrogens with one attached hydrogen (secondary N) is 8. The maximum Gasteiger partial charge on any atom is 0.106 e. The minimum atomic E-state index is -0.721. The summed E-state index contributed by atoms with van der Waals surface area (Å²) < 4.78 is 15.8. The van der Waals surface area contributed by atoms with E-state index in [4.69, 9.17) is 0 Å². The van der Waals surface area contributed by atoms with Crippen LogP contribution in [0.1, 0.15) is 96.3 Å². The fourth-order valence-electron chi connectivity index (χ4n) is 12.0. The van der Waals surface area contributed by atoms with Gasteiger partial charge in [0, 0.05) is 22.7 Å². The molecule has 9 aliphatic rings. The molecule has 5 saturated heterocycles. The molecule has 17 unspecified atom stereocenters. The Hall–Kier alpha value is 0.116. The van der Waals surface area contributed by atoms with E-state index in [0.717, 1.165) is 19.3 Å². The van der Waals surface area contributed by atoms with Crippen molar-refractivity contribution in [1.29, 1.82) is 0 Å². The van der Waals surface area contributed by atoms with Crippen LogP contribution in [0.5, 0.6) is 0 Å². The zero-order chi connectivity index (χ0) is 27.1. The van der Waals surface area contributed by atoms with Gasteiger partial charge in [0.1, 0.15) is 6.17 Å². The SMILES string of the molecule is FC1CCCC2C3NC4NC(NC5NC(NC6NC(NC(N3)C12)C1CCCCC61)C1CCCCC51)C1CCCCC41.[Co]. The van der Waals surface area contributed by atoms with Gasteiger partial charge < -0.3 is 0 Å². The summed E-state index contributed by atoms with van der Waals surface area (Å²) in [7, 11) is 0. The van der Waals surface area contributed by atoms with Crippen LogP contribution in [-0.2, 0) is 16.8 Å². The minimum absolute atomic E-state index is 0. The van der Waals surface area contributed by atoms with Crippen molar-refractivity contribution >= 4 is 0 Å². The van der Waals surface area contributed by atoms with Crippen LogP contribution in [0.2, 0.25) is 0 Å². The second-order valence-corrected chi connectivity index (χ2v) is 15.7. The maximum absolute atomic E-state index is 15.8. The molecule has 5 heterocycles. The van der Waals surface area contributed by atoms with E-state index < -0.39 is 6.17 Å². The molecule has 17 atom stereocenters.